The van der Waals surface area contributed by atoms with Crippen molar-refractivity contribution >= 4 is 23.7 Å². The number of para-hydroxylation sites is 1. The highest BCUT2D eigenvalue weighted by molar-refractivity contribution is 7.98. The van der Waals surface area contributed by atoms with Gasteiger partial charge in [0.05, 0.1) is 5.75 Å². The molecule has 2 aromatic carbocycles. The Bertz CT molecular complexity index is 1050. The molecule has 4 N–H and O–H groups in total. The number of thioether (sulfide) groups is 1. The van der Waals surface area contributed by atoms with E-state index in [0.717, 1.165) is 16.7 Å². The molecule has 28 heavy (non-hydrogen) atoms. The van der Waals surface area contributed by atoms with Crippen LogP contribution in [0.2, 0.25) is 0 Å². The van der Waals surface area contributed by atoms with E-state index in [-0.39, 0.29) is 11.9 Å². The van der Waals surface area contributed by atoms with E-state index in [0.29, 0.717) is 18.0 Å². The SMILES string of the molecule is Nc1nc(N)nc(CSc2nnc(Cc3ccccc3)n2-c2ccccc2)n1. The normalized spacial score (nSPS) is 10.9. The maximum Gasteiger partial charge on any atom is 0.225 e. The molecule has 0 atom stereocenters. The van der Waals surface area contributed by atoms with E-state index in [1.54, 1.807) is 0 Å². The summed E-state index contributed by atoms with van der Waals surface area (Å²) < 4.78 is 2.05. The van der Waals surface area contributed by atoms with Crippen LogP contribution in [0.3, 0.4) is 0 Å². The summed E-state index contributed by atoms with van der Waals surface area (Å²) in [5, 5.41) is 9.56. The fourth-order valence-electron chi connectivity index (χ4n) is 2.77. The lowest BCUT2D eigenvalue weighted by atomic mass is 10.1. The molecule has 0 radical (unpaired) electrons. The molecule has 0 aliphatic carbocycles. The largest absolute Gasteiger partial charge is 0.368 e. The smallest absolute Gasteiger partial charge is 0.225 e. The number of benzene rings is 2. The first-order valence-corrected chi connectivity index (χ1v) is 9.60. The Labute approximate surface area is 166 Å². The van der Waals surface area contributed by atoms with Crippen LogP contribution in [-0.4, -0.2) is 29.7 Å². The zero-order valence-corrected chi connectivity index (χ0v) is 15.8. The van der Waals surface area contributed by atoms with Crippen molar-refractivity contribution in [2.75, 3.05) is 11.5 Å². The van der Waals surface area contributed by atoms with Crippen LogP contribution in [-0.2, 0) is 12.2 Å². The molecule has 9 heteroatoms. The highest BCUT2D eigenvalue weighted by atomic mass is 32.2. The maximum atomic E-state index is 5.65. The van der Waals surface area contributed by atoms with Gasteiger partial charge in [0.1, 0.15) is 11.6 Å². The summed E-state index contributed by atoms with van der Waals surface area (Å²) in [6, 6.07) is 20.2. The van der Waals surface area contributed by atoms with Crippen LogP contribution in [0, 0.1) is 0 Å². The predicted molar refractivity (Wildman–Crippen MR) is 109 cm³/mol. The molecule has 0 amide bonds. The van der Waals surface area contributed by atoms with Crippen molar-refractivity contribution in [1.82, 2.24) is 29.7 Å². The number of rotatable bonds is 6. The molecule has 0 saturated heterocycles. The van der Waals surface area contributed by atoms with Crippen molar-refractivity contribution in [2.45, 2.75) is 17.3 Å². The van der Waals surface area contributed by atoms with E-state index >= 15 is 0 Å². The summed E-state index contributed by atoms with van der Waals surface area (Å²) in [5.74, 6) is 2.03. The van der Waals surface area contributed by atoms with Crippen molar-refractivity contribution in [3.8, 4) is 5.69 Å². The van der Waals surface area contributed by atoms with Gasteiger partial charge in [-0.2, -0.15) is 15.0 Å². The van der Waals surface area contributed by atoms with E-state index in [2.05, 4.69) is 37.3 Å². The average Bonchev–Trinajstić information content (AvgIpc) is 3.09. The van der Waals surface area contributed by atoms with Gasteiger partial charge in [0.25, 0.3) is 0 Å². The molecule has 0 aliphatic heterocycles. The van der Waals surface area contributed by atoms with E-state index in [1.165, 1.54) is 17.3 Å². The van der Waals surface area contributed by atoms with Crippen molar-refractivity contribution < 1.29 is 0 Å². The summed E-state index contributed by atoms with van der Waals surface area (Å²) in [6.07, 6.45) is 0.676. The maximum absolute atomic E-state index is 5.65. The number of nitrogens with zero attached hydrogens (tertiary/aromatic N) is 6. The Morgan fingerprint density at radius 2 is 1.43 bits per heavy atom. The molecule has 2 heterocycles. The number of nitrogens with two attached hydrogens (primary N) is 2. The third kappa shape index (κ3) is 4.09. The Hall–Kier alpha value is -3.46. The van der Waals surface area contributed by atoms with Crippen molar-refractivity contribution in [3.63, 3.8) is 0 Å². The summed E-state index contributed by atoms with van der Waals surface area (Å²) in [7, 11) is 0. The van der Waals surface area contributed by atoms with Crippen LogP contribution in [0.15, 0.2) is 65.8 Å². The number of hydrogen-bond donors (Lipinski definition) is 2. The summed E-state index contributed by atoms with van der Waals surface area (Å²) in [5.41, 5.74) is 13.5. The van der Waals surface area contributed by atoms with Crippen LogP contribution in [0.4, 0.5) is 11.9 Å². The van der Waals surface area contributed by atoms with E-state index in [4.69, 9.17) is 11.5 Å². The molecule has 140 valence electrons. The second-order valence-electron chi connectivity index (χ2n) is 5.99. The number of aromatic nitrogens is 6. The molecule has 0 saturated carbocycles. The van der Waals surface area contributed by atoms with Gasteiger partial charge in [-0.15, -0.1) is 10.2 Å². The monoisotopic (exact) mass is 390 g/mol. The highest BCUT2D eigenvalue weighted by Gasteiger charge is 2.16. The fourth-order valence-corrected chi connectivity index (χ4v) is 3.60. The van der Waals surface area contributed by atoms with Gasteiger partial charge in [-0.3, -0.25) is 4.57 Å². The van der Waals surface area contributed by atoms with Gasteiger partial charge in [-0.05, 0) is 17.7 Å². The average molecular weight is 390 g/mol. The summed E-state index contributed by atoms with van der Waals surface area (Å²) in [6.45, 7) is 0. The topological polar surface area (TPSA) is 121 Å². The van der Waals surface area contributed by atoms with Crippen LogP contribution in [0.1, 0.15) is 17.2 Å². The summed E-state index contributed by atoms with van der Waals surface area (Å²) in [4.78, 5) is 12.0. The van der Waals surface area contributed by atoms with Crippen LogP contribution in [0.25, 0.3) is 5.69 Å². The zero-order chi connectivity index (χ0) is 19.3. The van der Waals surface area contributed by atoms with Gasteiger partial charge in [0, 0.05) is 12.1 Å². The molecular weight excluding hydrogens is 372 g/mol. The Kier molecular flexibility index (Phi) is 5.16. The van der Waals surface area contributed by atoms with Gasteiger partial charge in [0.2, 0.25) is 11.9 Å². The van der Waals surface area contributed by atoms with Crippen LogP contribution < -0.4 is 11.5 Å². The number of hydrogen-bond acceptors (Lipinski definition) is 8. The summed E-state index contributed by atoms with van der Waals surface area (Å²) >= 11 is 1.47. The van der Waals surface area contributed by atoms with Gasteiger partial charge in [-0.1, -0.05) is 60.3 Å². The molecule has 8 nitrogen and oxygen atoms in total. The van der Waals surface area contributed by atoms with Gasteiger partial charge >= 0.3 is 0 Å². The van der Waals surface area contributed by atoms with Crippen LogP contribution in [0.5, 0.6) is 0 Å². The molecule has 2 aromatic heterocycles. The molecule has 4 rings (SSSR count). The van der Waals surface area contributed by atoms with Crippen LogP contribution >= 0.6 is 11.8 Å². The molecule has 4 aromatic rings. The number of nitrogen functional groups attached to an aromatic ring is 2. The molecular formula is C19H18N8S. The van der Waals surface area contributed by atoms with Gasteiger partial charge in [-0.25, -0.2) is 0 Å². The molecule has 0 fully saturated rings. The number of anilines is 2. The quantitative estimate of drug-likeness (QED) is 0.482. The highest BCUT2D eigenvalue weighted by Crippen LogP contribution is 2.25. The standard InChI is InChI=1S/C19H18N8S/c20-17-22-15(23-18(21)24-17)12-28-19-26-25-16(11-13-7-3-1-4-8-13)27(19)14-9-5-2-6-10-14/h1-10H,11-12H2,(H4,20,21,22,23,24). The second kappa shape index (κ2) is 8.05. The first-order chi connectivity index (χ1) is 13.7. The first-order valence-electron chi connectivity index (χ1n) is 8.61. The molecule has 0 bridgehead atoms. The minimum absolute atomic E-state index is 0.109. The lowest BCUT2D eigenvalue weighted by Gasteiger charge is -2.10. The van der Waals surface area contributed by atoms with Crippen molar-refractivity contribution in [1.29, 1.82) is 0 Å². The third-order valence-electron chi connectivity index (χ3n) is 3.97. The third-order valence-corrected chi connectivity index (χ3v) is 4.89. The Morgan fingerprint density at radius 1 is 0.786 bits per heavy atom. The van der Waals surface area contributed by atoms with E-state index in [1.807, 2.05) is 53.1 Å². The van der Waals surface area contributed by atoms with E-state index < -0.39 is 0 Å². The minimum Gasteiger partial charge on any atom is -0.368 e. The predicted octanol–water partition coefficient (Wildman–Crippen LogP) is 2.50. The van der Waals surface area contributed by atoms with E-state index in [9.17, 15) is 0 Å². The minimum atomic E-state index is 0.109. The lowest BCUT2D eigenvalue weighted by Crippen LogP contribution is -2.07. The Morgan fingerprint density at radius 3 is 2.11 bits per heavy atom. The molecule has 0 spiro atoms. The second-order valence-corrected chi connectivity index (χ2v) is 6.93. The zero-order valence-electron chi connectivity index (χ0n) is 14.9. The fraction of sp³-hybridized carbons (Fsp3) is 0.105. The van der Waals surface area contributed by atoms with Crippen molar-refractivity contribution in [3.05, 3.63) is 77.9 Å². The lowest BCUT2D eigenvalue weighted by molar-refractivity contribution is 0.846. The molecule has 0 aliphatic rings. The molecule has 0 unspecified atom stereocenters. The van der Waals surface area contributed by atoms with Gasteiger partial charge in [0.15, 0.2) is 5.16 Å². The van der Waals surface area contributed by atoms with Gasteiger partial charge < -0.3 is 11.5 Å². The first kappa shape index (κ1) is 17.9. The van der Waals surface area contributed by atoms with Crippen molar-refractivity contribution in [2.24, 2.45) is 0 Å². The Balaban J connectivity index is 1.65.